The number of tetrazole rings is 1. The molecule has 0 atom stereocenters. The van der Waals surface area contributed by atoms with Gasteiger partial charge >= 0.3 is 0 Å². The third-order valence-corrected chi connectivity index (χ3v) is 3.00. The molecular weight excluding hydrogens is 254 g/mol. The maximum Gasteiger partial charge on any atom is 0.251 e. The van der Waals surface area contributed by atoms with E-state index in [4.69, 9.17) is 0 Å². The summed E-state index contributed by atoms with van der Waals surface area (Å²) in [5.41, 5.74) is 1.74. The van der Waals surface area contributed by atoms with Gasteiger partial charge < -0.3 is 4.57 Å². The summed E-state index contributed by atoms with van der Waals surface area (Å²) < 4.78 is 3.21. The fraction of sp³-hybridized carbons (Fsp3) is 0.143. The van der Waals surface area contributed by atoms with Crippen LogP contribution in [-0.4, -0.2) is 24.8 Å². The standard InChI is InChI=1S/C14H13N5O/c1-11-7-8-18(14(20)9-11)10-13-15-16-17-19(13)12-5-3-2-4-6-12/h2-9H,10H2,1H3. The average Bonchev–Trinajstić information content (AvgIpc) is 2.91. The smallest absolute Gasteiger partial charge is 0.251 e. The lowest BCUT2D eigenvalue weighted by atomic mass is 10.3. The number of para-hydroxylation sites is 1. The minimum atomic E-state index is -0.0624. The second-order valence-corrected chi connectivity index (χ2v) is 4.51. The van der Waals surface area contributed by atoms with E-state index < -0.39 is 0 Å². The van der Waals surface area contributed by atoms with Crippen LogP contribution >= 0.6 is 0 Å². The molecule has 0 fully saturated rings. The van der Waals surface area contributed by atoms with Gasteiger partial charge in [0.15, 0.2) is 5.82 Å². The molecular formula is C14H13N5O. The van der Waals surface area contributed by atoms with Crippen molar-refractivity contribution in [1.29, 1.82) is 0 Å². The first-order valence-electron chi connectivity index (χ1n) is 6.24. The van der Waals surface area contributed by atoms with Gasteiger partial charge in [0, 0.05) is 12.3 Å². The van der Waals surface area contributed by atoms with Gasteiger partial charge in [0.05, 0.1) is 12.2 Å². The molecule has 0 N–H and O–H groups in total. The zero-order valence-electron chi connectivity index (χ0n) is 11.0. The predicted octanol–water partition coefficient (Wildman–Crippen LogP) is 1.18. The molecule has 3 rings (SSSR count). The summed E-state index contributed by atoms with van der Waals surface area (Å²) >= 11 is 0. The van der Waals surface area contributed by atoms with Gasteiger partial charge in [-0.15, -0.1) is 5.10 Å². The molecule has 0 aliphatic rings. The fourth-order valence-corrected chi connectivity index (χ4v) is 1.96. The van der Waals surface area contributed by atoms with Gasteiger partial charge in [0.2, 0.25) is 0 Å². The van der Waals surface area contributed by atoms with Gasteiger partial charge in [-0.2, -0.15) is 4.68 Å². The molecule has 1 aromatic carbocycles. The summed E-state index contributed by atoms with van der Waals surface area (Å²) in [6, 6.07) is 13.1. The third-order valence-electron chi connectivity index (χ3n) is 3.00. The molecule has 0 saturated heterocycles. The van der Waals surface area contributed by atoms with Crippen molar-refractivity contribution in [3.63, 3.8) is 0 Å². The molecule has 100 valence electrons. The Hall–Kier alpha value is -2.76. The number of hydrogen-bond donors (Lipinski definition) is 0. The van der Waals surface area contributed by atoms with Crippen LogP contribution in [0.3, 0.4) is 0 Å². The molecule has 20 heavy (non-hydrogen) atoms. The van der Waals surface area contributed by atoms with Crippen LogP contribution in [0.25, 0.3) is 5.69 Å². The highest BCUT2D eigenvalue weighted by molar-refractivity contribution is 5.30. The summed E-state index contributed by atoms with van der Waals surface area (Å²) in [5, 5.41) is 11.7. The molecule has 0 bridgehead atoms. The highest BCUT2D eigenvalue weighted by atomic mass is 16.1. The Morgan fingerprint density at radius 1 is 1.15 bits per heavy atom. The quantitative estimate of drug-likeness (QED) is 0.714. The van der Waals surface area contributed by atoms with Gasteiger partial charge in [0.1, 0.15) is 0 Å². The van der Waals surface area contributed by atoms with Gasteiger partial charge in [0.25, 0.3) is 5.56 Å². The van der Waals surface area contributed by atoms with E-state index in [2.05, 4.69) is 15.5 Å². The zero-order valence-corrected chi connectivity index (χ0v) is 11.0. The van der Waals surface area contributed by atoms with E-state index in [-0.39, 0.29) is 5.56 Å². The van der Waals surface area contributed by atoms with Crippen LogP contribution < -0.4 is 5.56 Å². The van der Waals surface area contributed by atoms with Crippen molar-refractivity contribution in [3.8, 4) is 5.69 Å². The lowest BCUT2D eigenvalue weighted by molar-refractivity contribution is 0.680. The van der Waals surface area contributed by atoms with Crippen LogP contribution in [0.15, 0.2) is 53.5 Å². The Balaban J connectivity index is 1.97. The Bertz CT molecular complexity index is 776. The van der Waals surface area contributed by atoms with Crippen LogP contribution in [-0.2, 0) is 6.54 Å². The van der Waals surface area contributed by atoms with Crippen molar-refractivity contribution in [3.05, 3.63) is 70.4 Å². The topological polar surface area (TPSA) is 65.6 Å². The van der Waals surface area contributed by atoms with E-state index in [1.54, 1.807) is 21.5 Å². The molecule has 6 nitrogen and oxygen atoms in total. The minimum Gasteiger partial charge on any atom is -0.308 e. The van der Waals surface area contributed by atoms with Gasteiger partial charge in [-0.25, -0.2) is 0 Å². The molecule has 0 amide bonds. The number of benzene rings is 1. The lowest BCUT2D eigenvalue weighted by Crippen LogP contribution is -2.21. The van der Waals surface area contributed by atoms with Crippen LogP contribution in [0, 0.1) is 6.92 Å². The predicted molar refractivity (Wildman–Crippen MR) is 73.7 cm³/mol. The van der Waals surface area contributed by atoms with Crippen molar-refractivity contribution < 1.29 is 0 Å². The number of hydrogen-bond acceptors (Lipinski definition) is 4. The number of rotatable bonds is 3. The monoisotopic (exact) mass is 267 g/mol. The molecule has 0 aliphatic carbocycles. The van der Waals surface area contributed by atoms with Crippen molar-refractivity contribution in [2.24, 2.45) is 0 Å². The Kier molecular flexibility index (Phi) is 3.12. The second kappa shape index (κ2) is 5.08. The Morgan fingerprint density at radius 3 is 2.70 bits per heavy atom. The number of pyridine rings is 1. The highest BCUT2D eigenvalue weighted by Crippen LogP contribution is 2.07. The SMILES string of the molecule is Cc1ccn(Cc2nnnn2-c2ccccc2)c(=O)c1. The minimum absolute atomic E-state index is 0.0624. The second-order valence-electron chi connectivity index (χ2n) is 4.51. The molecule has 3 aromatic rings. The van der Waals surface area contributed by atoms with Gasteiger partial charge in [-0.1, -0.05) is 18.2 Å². The molecule has 0 aliphatic heterocycles. The first-order valence-corrected chi connectivity index (χ1v) is 6.24. The van der Waals surface area contributed by atoms with Crippen molar-refractivity contribution in [2.75, 3.05) is 0 Å². The summed E-state index contributed by atoms with van der Waals surface area (Å²) in [7, 11) is 0. The van der Waals surface area contributed by atoms with Crippen molar-refractivity contribution in [2.45, 2.75) is 13.5 Å². The van der Waals surface area contributed by atoms with Crippen LogP contribution in [0.4, 0.5) is 0 Å². The lowest BCUT2D eigenvalue weighted by Gasteiger charge is -2.06. The first-order chi connectivity index (χ1) is 9.74. The van der Waals surface area contributed by atoms with E-state index in [9.17, 15) is 4.79 Å². The molecule has 2 heterocycles. The van der Waals surface area contributed by atoms with Crippen LogP contribution in [0.5, 0.6) is 0 Å². The number of aromatic nitrogens is 5. The van der Waals surface area contributed by atoms with Gasteiger partial charge in [-0.05, 0) is 41.1 Å². The Morgan fingerprint density at radius 2 is 1.95 bits per heavy atom. The highest BCUT2D eigenvalue weighted by Gasteiger charge is 2.09. The molecule has 0 unspecified atom stereocenters. The van der Waals surface area contributed by atoms with Gasteiger partial charge in [-0.3, -0.25) is 4.79 Å². The van der Waals surface area contributed by atoms with E-state index in [1.807, 2.05) is 43.3 Å². The largest absolute Gasteiger partial charge is 0.308 e. The molecule has 2 aromatic heterocycles. The van der Waals surface area contributed by atoms with Crippen molar-refractivity contribution in [1.82, 2.24) is 24.8 Å². The maximum atomic E-state index is 11.9. The summed E-state index contributed by atoms with van der Waals surface area (Å²) in [4.78, 5) is 11.9. The maximum absolute atomic E-state index is 11.9. The van der Waals surface area contributed by atoms with E-state index >= 15 is 0 Å². The average molecular weight is 267 g/mol. The summed E-state index contributed by atoms with van der Waals surface area (Å²) in [5.74, 6) is 0.613. The first kappa shape index (κ1) is 12.3. The fourth-order valence-electron chi connectivity index (χ4n) is 1.96. The van der Waals surface area contributed by atoms with Crippen molar-refractivity contribution >= 4 is 0 Å². The normalized spacial score (nSPS) is 10.7. The van der Waals surface area contributed by atoms with E-state index in [0.29, 0.717) is 12.4 Å². The van der Waals surface area contributed by atoms with E-state index in [1.165, 1.54) is 0 Å². The summed E-state index contributed by atoms with van der Waals surface area (Å²) in [6.07, 6.45) is 1.75. The van der Waals surface area contributed by atoms with E-state index in [0.717, 1.165) is 11.3 Å². The Labute approximate surface area is 115 Å². The van der Waals surface area contributed by atoms with Crippen LogP contribution in [0.2, 0.25) is 0 Å². The molecule has 0 radical (unpaired) electrons. The third kappa shape index (κ3) is 2.35. The molecule has 6 heteroatoms. The molecule has 0 saturated carbocycles. The number of nitrogens with zero attached hydrogens (tertiary/aromatic N) is 5. The zero-order chi connectivity index (χ0) is 13.9. The summed E-state index contributed by atoms with van der Waals surface area (Å²) in [6.45, 7) is 2.22. The number of aryl methyl sites for hydroxylation is 1. The molecule has 0 spiro atoms. The van der Waals surface area contributed by atoms with Crippen LogP contribution in [0.1, 0.15) is 11.4 Å².